The number of thiocarbonyl (C=S) groups is 1. The number of carbonyl (C=O) groups excluding carboxylic acids is 1. The lowest BCUT2D eigenvalue weighted by Gasteiger charge is -2.16. The summed E-state index contributed by atoms with van der Waals surface area (Å²) in [6, 6.07) is 21.3. The number of rotatable bonds is 6. The Hall–Kier alpha value is -3.16. The zero-order chi connectivity index (χ0) is 23.5. The van der Waals surface area contributed by atoms with Gasteiger partial charge in [0.05, 0.1) is 12.8 Å². The van der Waals surface area contributed by atoms with Crippen LogP contribution in [0.5, 0.6) is 11.5 Å². The van der Waals surface area contributed by atoms with E-state index in [0.717, 1.165) is 21.3 Å². The molecule has 1 aliphatic heterocycles. The van der Waals surface area contributed by atoms with E-state index >= 15 is 0 Å². The lowest BCUT2D eigenvalue weighted by Crippen LogP contribution is -2.30. The molecule has 3 aromatic carbocycles. The quantitative estimate of drug-likeness (QED) is 0.295. The summed E-state index contributed by atoms with van der Waals surface area (Å²) in [4.78, 5) is 16.5. The van der Waals surface area contributed by atoms with Gasteiger partial charge < -0.3 is 14.4 Å². The van der Waals surface area contributed by atoms with Gasteiger partial charge in [-0.1, -0.05) is 64.0 Å². The van der Waals surface area contributed by atoms with Gasteiger partial charge in [-0.25, -0.2) is 0 Å². The topological polar surface area (TPSA) is 42.0 Å². The molecule has 0 unspecified atom stereocenters. The van der Waals surface area contributed by atoms with Gasteiger partial charge >= 0.3 is 0 Å². The van der Waals surface area contributed by atoms with Gasteiger partial charge in [0.1, 0.15) is 12.3 Å². The van der Waals surface area contributed by atoms with Crippen molar-refractivity contribution in [2.24, 2.45) is 0 Å². The fourth-order valence-electron chi connectivity index (χ4n) is 3.49. The van der Waals surface area contributed by atoms with Gasteiger partial charge in [-0.15, -0.1) is 0 Å². The highest BCUT2D eigenvalue weighted by Crippen LogP contribution is 2.36. The van der Waals surface area contributed by atoms with E-state index in [1.54, 1.807) is 25.1 Å². The van der Waals surface area contributed by atoms with E-state index in [1.807, 2.05) is 54.6 Å². The Morgan fingerprint density at radius 3 is 2.39 bits per heavy atom. The van der Waals surface area contributed by atoms with E-state index in [9.17, 15) is 4.79 Å². The van der Waals surface area contributed by atoms with Crippen LogP contribution in [0, 0.1) is 6.92 Å². The predicted octanol–water partition coefficient (Wildman–Crippen LogP) is 5.95. The van der Waals surface area contributed by atoms with Crippen LogP contribution in [0.3, 0.4) is 0 Å². The number of nitrogens with zero attached hydrogens (tertiary/aromatic N) is 2. The Morgan fingerprint density at radius 1 is 1.03 bits per heavy atom. The van der Waals surface area contributed by atoms with E-state index in [1.165, 1.54) is 10.5 Å². The highest BCUT2D eigenvalue weighted by molar-refractivity contribution is 9.10. The fourth-order valence-corrected chi connectivity index (χ4v) is 4.21. The number of amides is 1. The Labute approximate surface area is 207 Å². The predicted molar refractivity (Wildman–Crippen MR) is 138 cm³/mol. The molecule has 0 radical (unpaired) electrons. The van der Waals surface area contributed by atoms with Crippen LogP contribution in [0.1, 0.15) is 16.7 Å². The summed E-state index contributed by atoms with van der Waals surface area (Å²) < 4.78 is 12.4. The standard InChI is InChI=1S/C26H23BrN2O3S/c1-17-9-11-18(12-10-17)16-32-24-15-21(27)19(14-23(24)31-3)13-22-25(30)29(26(33)28(22)2)20-7-5-4-6-8-20/h4-15H,16H2,1-3H3/b22-13-. The zero-order valence-electron chi connectivity index (χ0n) is 18.5. The molecule has 0 aromatic heterocycles. The third-order valence-electron chi connectivity index (χ3n) is 5.37. The summed E-state index contributed by atoms with van der Waals surface area (Å²) in [6.45, 7) is 2.47. The van der Waals surface area contributed by atoms with Crippen molar-refractivity contribution in [1.82, 2.24) is 4.90 Å². The average Bonchev–Trinajstić information content (AvgIpc) is 3.03. The van der Waals surface area contributed by atoms with Crippen molar-refractivity contribution < 1.29 is 14.3 Å². The normalized spacial score (nSPS) is 14.8. The lowest BCUT2D eigenvalue weighted by molar-refractivity contribution is -0.114. The maximum atomic E-state index is 13.2. The maximum Gasteiger partial charge on any atom is 0.281 e. The molecule has 1 aliphatic rings. The van der Waals surface area contributed by atoms with Gasteiger partial charge in [-0.05, 0) is 60.6 Å². The average molecular weight is 523 g/mol. The molecule has 3 aromatic rings. The molecule has 1 heterocycles. The van der Waals surface area contributed by atoms with Crippen molar-refractivity contribution in [2.45, 2.75) is 13.5 Å². The van der Waals surface area contributed by atoms with Crippen LogP contribution < -0.4 is 14.4 Å². The lowest BCUT2D eigenvalue weighted by atomic mass is 10.1. The van der Waals surface area contributed by atoms with Crippen molar-refractivity contribution in [3.05, 3.63) is 93.6 Å². The van der Waals surface area contributed by atoms with Crippen LogP contribution in [-0.4, -0.2) is 30.1 Å². The monoisotopic (exact) mass is 522 g/mol. The first-order chi connectivity index (χ1) is 15.9. The van der Waals surface area contributed by atoms with Gasteiger partial charge in [-0.3, -0.25) is 9.69 Å². The molecular formula is C26H23BrN2O3S. The number of anilines is 1. The minimum Gasteiger partial charge on any atom is -0.493 e. The Morgan fingerprint density at radius 2 is 1.73 bits per heavy atom. The number of halogens is 1. The third kappa shape index (κ3) is 4.79. The number of ether oxygens (including phenoxy) is 2. The Balaban J connectivity index is 1.61. The van der Waals surface area contributed by atoms with Gasteiger partial charge in [0.15, 0.2) is 16.6 Å². The van der Waals surface area contributed by atoms with Crippen LogP contribution in [-0.2, 0) is 11.4 Å². The van der Waals surface area contributed by atoms with E-state index in [-0.39, 0.29) is 5.91 Å². The molecule has 7 heteroatoms. The first kappa shape index (κ1) is 23.0. The van der Waals surface area contributed by atoms with Crippen molar-refractivity contribution in [1.29, 1.82) is 0 Å². The molecule has 5 nitrogen and oxygen atoms in total. The number of benzene rings is 3. The Bertz CT molecular complexity index is 1230. The van der Waals surface area contributed by atoms with Gasteiger partial charge in [0.25, 0.3) is 5.91 Å². The summed E-state index contributed by atoms with van der Waals surface area (Å²) in [7, 11) is 3.39. The molecule has 0 saturated carbocycles. The van der Waals surface area contributed by atoms with Crippen LogP contribution >= 0.6 is 28.1 Å². The third-order valence-corrected chi connectivity index (χ3v) is 6.51. The summed E-state index contributed by atoms with van der Waals surface area (Å²) >= 11 is 9.15. The number of hydrogen-bond acceptors (Lipinski definition) is 4. The van der Waals surface area contributed by atoms with Crippen LogP contribution in [0.25, 0.3) is 6.08 Å². The molecule has 4 rings (SSSR count). The second-order valence-corrected chi connectivity index (χ2v) is 8.87. The minimum atomic E-state index is -0.181. The second-order valence-electron chi connectivity index (χ2n) is 7.65. The van der Waals surface area contributed by atoms with Crippen molar-refractivity contribution >= 4 is 50.9 Å². The summed E-state index contributed by atoms with van der Waals surface area (Å²) in [5, 5.41) is 0.429. The van der Waals surface area contributed by atoms with Crippen LogP contribution in [0.2, 0.25) is 0 Å². The molecule has 168 valence electrons. The van der Waals surface area contributed by atoms with E-state index in [4.69, 9.17) is 21.7 Å². The molecule has 1 fully saturated rings. The number of para-hydroxylation sites is 1. The smallest absolute Gasteiger partial charge is 0.281 e. The number of aryl methyl sites for hydroxylation is 1. The molecule has 33 heavy (non-hydrogen) atoms. The Kier molecular flexibility index (Phi) is 6.81. The molecule has 0 N–H and O–H groups in total. The minimum absolute atomic E-state index is 0.181. The van der Waals surface area contributed by atoms with E-state index < -0.39 is 0 Å². The summed E-state index contributed by atoms with van der Waals surface area (Å²) in [6.07, 6.45) is 1.80. The van der Waals surface area contributed by atoms with Crippen molar-refractivity contribution in [3.63, 3.8) is 0 Å². The SMILES string of the molecule is COc1cc(/C=C2/C(=O)N(c3ccccc3)C(=S)N2C)c(Br)cc1OCc1ccc(C)cc1. The first-order valence-electron chi connectivity index (χ1n) is 10.3. The molecule has 1 amide bonds. The molecule has 0 aliphatic carbocycles. The largest absolute Gasteiger partial charge is 0.493 e. The molecule has 0 spiro atoms. The molecule has 1 saturated heterocycles. The van der Waals surface area contributed by atoms with Crippen molar-refractivity contribution in [2.75, 3.05) is 19.1 Å². The fraction of sp³-hybridized carbons (Fsp3) is 0.154. The van der Waals surface area contributed by atoms with E-state index in [2.05, 4.69) is 35.0 Å². The number of hydrogen-bond donors (Lipinski definition) is 0. The van der Waals surface area contributed by atoms with Gasteiger partial charge in [0, 0.05) is 11.5 Å². The molecular weight excluding hydrogens is 500 g/mol. The van der Waals surface area contributed by atoms with Crippen molar-refractivity contribution in [3.8, 4) is 11.5 Å². The maximum absolute atomic E-state index is 13.2. The van der Waals surface area contributed by atoms with E-state index in [0.29, 0.717) is 28.9 Å². The second kappa shape index (κ2) is 9.77. The summed E-state index contributed by atoms with van der Waals surface area (Å²) in [5.41, 5.74) is 4.26. The number of carbonyl (C=O) groups is 1. The van der Waals surface area contributed by atoms with Crippen LogP contribution in [0.15, 0.2) is 76.9 Å². The number of likely N-dealkylation sites (N-methyl/N-ethyl adjacent to an activating group) is 1. The van der Waals surface area contributed by atoms with Gasteiger partial charge in [-0.2, -0.15) is 0 Å². The highest BCUT2D eigenvalue weighted by atomic mass is 79.9. The highest BCUT2D eigenvalue weighted by Gasteiger charge is 2.36. The molecule has 0 atom stereocenters. The first-order valence-corrected chi connectivity index (χ1v) is 11.5. The zero-order valence-corrected chi connectivity index (χ0v) is 20.9. The molecule has 0 bridgehead atoms. The van der Waals surface area contributed by atoms with Crippen LogP contribution in [0.4, 0.5) is 5.69 Å². The van der Waals surface area contributed by atoms with Gasteiger partial charge in [0.2, 0.25) is 0 Å². The summed E-state index contributed by atoms with van der Waals surface area (Å²) in [5.74, 6) is 1.01. The number of methoxy groups -OCH3 is 1.